The first-order valence-electron chi connectivity index (χ1n) is 6.98. The molecule has 0 fully saturated rings. The number of carboxylic acids is 1. The Kier molecular flexibility index (Phi) is 5.41. The maximum absolute atomic E-state index is 11.8. The number of benzene rings is 2. The van der Waals surface area contributed by atoms with Crippen molar-refractivity contribution in [1.29, 1.82) is 0 Å². The van der Waals surface area contributed by atoms with Crippen molar-refractivity contribution in [1.82, 2.24) is 4.90 Å². The number of para-hydroxylation sites is 1. The minimum absolute atomic E-state index is 0. The van der Waals surface area contributed by atoms with Crippen molar-refractivity contribution < 1.29 is 14.6 Å². The van der Waals surface area contributed by atoms with Crippen molar-refractivity contribution >= 4 is 18.4 Å². The highest BCUT2D eigenvalue weighted by Gasteiger charge is 2.32. The molecule has 0 saturated heterocycles. The van der Waals surface area contributed by atoms with Gasteiger partial charge in [-0.05, 0) is 11.6 Å². The lowest BCUT2D eigenvalue weighted by molar-refractivity contribution is -0.143. The van der Waals surface area contributed by atoms with E-state index in [1.807, 2.05) is 59.5 Å². The first kappa shape index (κ1) is 16.3. The van der Waals surface area contributed by atoms with E-state index in [9.17, 15) is 9.90 Å². The standard InChI is InChI=1S/C17H17NO3.ClH/c19-17(20)16-14-8-4-5-9-15(14)21-11-10-18(16)12-13-6-2-1-3-7-13;/h1-9,16H,10-12H2,(H,19,20);1H. The summed E-state index contributed by atoms with van der Waals surface area (Å²) in [7, 11) is 0. The quantitative estimate of drug-likeness (QED) is 0.944. The molecular formula is C17H18ClNO3. The van der Waals surface area contributed by atoms with Gasteiger partial charge in [0.2, 0.25) is 0 Å². The van der Waals surface area contributed by atoms with Crippen LogP contribution in [0, 0.1) is 0 Å². The average molecular weight is 320 g/mol. The summed E-state index contributed by atoms with van der Waals surface area (Å²) < 4.78 is 5.69. The Morgan fingerprint density at radius 1 is 1.14 bits per heavy atom. The van der Waals surface area contributed by atoms with Crippen molar-refractivity contribution in [2.24, 2.45) is 0 Å². The molecule has 1 heterocycles. The normalized spacial score (nSPS) is 17.5. The second kappa shape index (κ2) is 7.29. The first-order valence-corrected chi connectivity index (χ1v) is 6.98. The number of aliphatic carboxylic acids is 1. The van der Waals surface area contributed by atoms with E-state index in [2.05, 4.69) is 0 Å². The highest BCUT2D eigenvalue weighted by atomic mass is 35.5. The summed E-state index contributed by atoms with van der Waals surface area (Å²) in [4.78, 5) is 13.7. The van der Waals surface area contributed by atoms with Gasteiger partial charge in [0.05, 0.1) is 0 Å². The maximum atomic E-state index is 11.8. The van der Waals surface area contributed by atoms with Crippen LogP contribution in [0.25, 0.3) is 0 Å². The molecule has 0 radical (unpaired) electrons. The maximum Gasteiger partial charge on any atom is 0.325 e. The van der Waals surface area contributed by atoms with Crippen LogP contribution in [0.1, 0.15) is 17.2 Å². The second-order valence-corrected chi connectivity index (χ2v) is 5.08. The Morgan fingerprint density at radius 3 is 2.55 bits per heavy atom. The molecule has 1 N–H and O–H groups in total. The Morgan fingerprint density at radius 2 is 1.82 bits per heavy atom. The molecule has 0 spiro atoms. The van der Waals surface area contributed by atoms with Gasteiger partial charge in [-0.1, -0.05) is 48.5 Å². The molecule has 0 amide bonds. The van der Waals surface area contributed by atoms with Crippen molar-refractivity contribution in [2.75, 3.05) is 13.2 Å². The van der Waals surface area contributed by atoms with E-state index in [1.165, 1.54) is 0 Å². The van der Waals surface area contributed by atoms with Crippen molar-refractivity contribution in [3.05, 3.63) is 65.7 Å². The lowest BCUT2D eigenvalue weighted by Gasteiger charge is -2.26. The number of carbonyl (C=O) groups is 1. The molecule has 2 aromatic carbocycles. The monoisotopic (exact) mass is 319 g/mol. The molecule has 116 valence electrons. The van der Waals surface area contributed by atoms with Crippen molar-refractivity contribution in [3.63, 3.8) is 0 Å². The molecule has 5 heteroatoms. The second-order valence-electron chi connectivity index (χ2n) is 5.08. The third kappa shape index (κ3) is 3.40. The molecule has 0 saturated carbocycles. The topological polar surface area (TPSA) is 49.8 Å². The van der Waals surface area contributed by atoms with Crippen LogP contribution >= 0.6 is 12.4 Å². The van der Waals surface area contributed by atoms with E-state index >= 15 is 0 Å². The Labute approximate surface area is 135 Å². The molecule has 4 nitrogen and oxygen atoms in total. The van der Waals surface area contributed by atoms with Gasteiger partial charge in [0.1, 0.15) is 18.4 Å². The van der Waals surface area contributed by atoms with Gasteiger partial charge in [-0.25, -0.2) is 0 Å². The first-order chi connectivity index (χ1) is 10.3. The smallest absolute Gasteiger partial charge is 0.325 e. The Balaban J connectivity index is 0.00000176. The van der Waals surface area contributed by atoms with E-state index in [1.54, 1.807) is 0 Å². The zero-order valence-electron chi connectivity index (χ0n) is 12.0. The summed E-state index contributed by atoms with van der Waals surface area (Å²) in [6.07, 6.45) is 0. The highest BCUT2D eigenvalue weighted by molar-refractivity contribution is 5.85. The fourth-order valence-electron chi connectivity index (χ4n) is 2.71. The summed E-state index contributed by atoms with van der Waals surface area (Å²) in [5, 5.41) is 9.66. The van der Waals surface area contributed by atoms with Crippen LogP contribution < -0.4 is 4.74 Å². The largest absolute Gasteiger partial charge is 0.492 e. The van der Waals surface area contributed by atoms with Crippen LogP contribution in [0.3, 0.4) is 0 Å². The molecule has 3 rings (SSSR count). The van der Waals surface area contributed by atoms with Gasteiger partial charge in [0.15, 0.2) is 0 Å². The number of hydrogen-bond donors (Lipinski definition) is 1. The molecule has 1 unspecified atom stereocenters. The number of rotatable bonds is 3. The molecule has 2 aromatic rings. The molecule has 0 aliphatic carbocycles. The number of nitrogens with zero attached hydrogens (tertiary/aromatic N) is 1. The van der Waals surface area contributed by atoms with Crippen LogP contribution in [-0.2, 0) is 11.3 Å². The number of carboxylic acid groups (broad SMARTS) is 1. The van der Waals surface area contributed by atoms with E-state index in [0.29, 0.717) is 25.4 Å². The van der Waals surface area contributed by atoms with Gasteiger partial charge < -0.3 is 9.84 Å². The van der Waals surface area contributed by atoms with Crippen LogP contribution in [-0.4, -0.2) is 29.1 Å². The van der Waals surface area contributed by atoms with Gasteiger partial charge in [-0.2, -0.15) is 0 Å². The molecule has 22 heavy (non-hydrogen) atoms. The minimum atomic E-state index is -0.844. The van der Waals surface area contributed by atoms with Gasteiger partial charge in [0.25, 0.3) is 0 Å². The minimum Gasteiger partial charge on any atom is -0.492 e. The predicted octanol–water partition coefficient (Wildman–Crippen LogP) is 3.13. The van der Waals surface area contributed by atoms with Crippen LogP contribution in [0.4, 0.5) is 0 Å². The van der Waals surface area contributed by atoms with Gasteiger partial charge in [0, 0.05) is 18.7 Å². The zero-order valence-corrected chi connectivity index (χ0v) is 12.8. The van der Waals surface area contributed by atoms with E-state index in [0.717, 1.165) is 11.1 Å². The number of halogens is 1. The molecule has 1 aliphatic rings. The Bertz CT molecular complexity index is 633. The van der Waals surface area contributed by atoms with Gasteiger partial charge >= 0.3 is 5.97 Å². The molecule has 0 bridgehead atoms. The summed E-state index contributed by atoms with van der Waals surface area (Å²) in [5.41, 5.74) is 1.82. The van der Waals surface area contributed by atoms with Gasteiger partial charge in [-0.3, -0.25) is 9.69 Å². The van der Waals surface area contributed by atoms with Crippen molar-refractivity contribution in [2.45, 2.75) is 12.6 Å². The third-order valence-corrected chi connectivity index (χ3v) is 3.68. The van der Waals surface area contributed by atoms with Crippen LogP contribution in [0.5, 0.6) is 5.75 Å². The summed E-state index contributed by atoms with van der Waals surface area (Å²) in [6.45, 7) is 1.67. The van der Waals surface area contributed by atoms with Crippen LogP contribution in [0.2, 0.25) is 0 Å². The van der Waals surface area contributed by atoms with E-state index < -0.39 is 12.0 Å². The summed E-state index contributed by atoms with van der Waals surface area (Å²) in [6, 6.07) is 16.6. The summed E-state index contributed by atoms with van der Waals surface area (Å²) >= 11 is 0. The average Bonchev–Trinajstić information content (AvgIpc) is 2.67. The van der Waals surface area contributed by atoms with E-state index in [-0.39, 0.29) is 12.4 Å². The number of hydrogen-bond acceptors (Lipinski definition) is 3. The predicted molar refractivity (Wildman–Crippen MR) is 86.4 cm³/mol. The number of fused-ring (bicyclic) bond motifs is 1. The highest BCUT2D eigenvalue weighted by Crippen LogP contribution is 2.32. The fraction of sp³-hybridized carbons (Fsp3) is 0.235. The van der Waals surface area contributed by atoms with Gasteiger partial charge in [-0.15, -0.1) is 12.4 Å². The SMILES string of the molecule is Cl.O=C(O)C1c2ccccc2OCCN1Cc1ccccc1. The van der Waals surface area contributed by atoms with Crippen molar-refractivity contribution in [3.8, 4) is 5.75 Å². The molecule has 1 aliphatic heterocycles. The Hall–Kier alpha value is -2.04. The van der Waals surface area contributed by atoms with Crippen LogP contribution in [0.15, 0.2) is 54.6 Å². The number of ether oxygens (including phenoxy) is 1. The molecular weight excluding hydrogens is 302 g/mol. The lowest BCUT2D eigenvalue weighted by atomic mass is 10.0. The lowest BCUT2D eigenvalue weighted by Crippen LogP contribution is -2.34. The third-order valence-electron chi connectivity index (χ3n) is 3.68. The zero-order chi connectivity index (χ0) is 14.7. The summed E-state index contributed by atoms with van der Waals surface area (Å²) in [5.74, 6) is -0.177. The van der Waals surface area contributed by atoms with E-state index in [4.69, 9.17) is 4.74 Å². The fourth-order valence-corrected chi connectivity index (χ4v) is 2.71. The molecule has 1 atom stereocenters. The molecule has 0 aromatic heterocycles.